The van der Waals surface area contributed by atoms with Gasteiger partial charge in [-0.3, -0.25) is 4.79 Å². The summed E-state index contributed by atoms with van der Waals surface area (Å²) in [7, 11) is -4.11. The molecule has 0 radical (unpaired) electrons. The molecule has 0 fully saturated rings. The molecule has 4 rings (SSSR count). The second-order valence-electron chi connectivity index (χ2n) is 6.77. The number of urea groups is 1. The van der Waals surface area contributed by atoms with Crippen LogP contribution >= 0.6 is 46.3 Å². The second kappa shape index (κ2) is 9.47. The van der Waals surface area contributed by atoms with Gasteiger partial charge >= 0.3 is 11.7 Å². The first-order valence-electron chi connectivity index (χ1n) is 9.31. The van der Waals surface area contributed by atoms with E-state index in [0.29, 0.717) is 10.9 Å². The van der Waals surface area contributed by atoms with Gasteiger partial charge in [0, 0.05) is 10.6 Å². The lowest BCUT2D eigenvalue weighted by molar-refractivity contribution is 0.256. The van der Waals surface area contributed by atoms with Crippen molar-refractivity contribution in [2.24, 2.45) is 0 Å². The normalized spacial score (nSPS) is 11.5. The van der Waals surface area contributed by atoms with Gasteiger partial charge in [-0.25, -0.2) is 27.3 Å². The van der Waals surface area contributed by atoms with Crippen molar-refractivity contribution in [3.8, 4) is 5.69 Å². The summed E-state index contributed by atoms with van der Waals surface area (Å²) in [5.41, 5.74) is -0.619. The number of rotatable bonds is 5. The Morgan fingerprint density at radius 2 is 1.85 bits per heavy atom. The van der Waals surface area contributed by atoms with Crippen molar-refractivity contribution in [1.29, 1.82) is 0 Å². The topological polar surface area (TPSA) is 130 Å². The number of aromatic amines is 1. The SMILES string of the molecule is CSc1ccc2[nH]c(=O)n(-c3ccc(NC(=O)NS(=O)(=O)c4ccc(Cl)s4)cc3Cl)c(=O)c2c1. The molecule has 4 aromatic rings. The summed E-state index contributed by atoms with van der Waals surface area (Å²) >= 11 is 14.3. The maximum atomic E-state index is 13.0. The third-order valence-electron chi connectivity index (χ3n) is 4.59. The summed E-state index contributed by atoms with van der Waals surface area (Å²) < 4.78 is 27.4. The van der Waals surface area contributed by atoms with Crippen LogP contribution in [-0.2, 0) is 10.0 Å². The number of hydrogen-bond acceptors (Lipinski definition) is 7. The summed E-state index contributed by atoms with van der Waals surface area (Å²) in [5, 5.41) is 2.64. The molecule has 0 aliphatic carbocycles. The molecular weight excluding hydrogens is 543 g/mol. The third-order valence-corrected chi connectivity index (χ3v) is 8.67. The van der Waals surface area contributed by atoms with E-state index in [1.54, 1.807) is 18.2 Å². The van der Waals surface area contributed by atoms with E-state index >= 15 is 0 Å². The number of thioether (sulfide) groups is 1. The number of hydrogen-bond donors (Lipinski definition) is 3. The largest absolute Gasteiger partial charge is 0.333 e. The zero-order valence-corrected chi connectivity index (χ0v) is 21.0. The molecule has 3 N–H and O–H groups in total. The lowest BCUT2D eigenvalue weighted by Crippen LogP contribution is -2.34. The second-order valence-corrected chi connectivity index (χ2v) is 11.7. The number of amides is 2. The minimum absolute atomic E-state index is 0.0151. The monoisotopic (exact) mass is 556 g/mol. The molecule has 9 nitrogen and oxygen atoms in total. The molecular formula is C20H14Cl2N4O5S3. The standard InChI is InChI=1S/C20H14Cl2N4O5S3/c1-32-11-3-4-14-12(9-11)18(27)26(20(29)24-14)15-5-2-10(8-13(15)21)23-19(28)25-34(30,31)17-7-6-16(22)33-17/h2-9H,1H3,(H,24,29)(H2,23,25,28). The molecule has 0 saturated heterocycles. The van der Waals surface area contributed by atoms with Gasteiger partial charge in [-0.2, -0.15) is 0 Å². The number of thiophene rings is 1. The number of carbonyl (C=O) groups is 1. The zero-order valence-electron chi connectivity index (χ0n) is 17.1. The van der Waals surface area contributed by atoms with Gasteiger partial charge in [-0.15, -0.1) is 23.1 Å². The summed E-state index contributed by atoms with van der Waals surface area (Å²) in [4.78, 5) is 41.4. The average molecular weight is 557 g/mol. The Labute approximate surface area is 210 Å². The van der Waals surface area contributed by atoms with E-state index in [1.807, 2.05) is 11.0 Å². The number of aromatic nitrogens is 2. The Balaban J connectivity index is 1.63. The van der Waals surface area contributed by atoms with Crippen molar-refractivity contribution in [2.45, 2.75) is 9.10 Å². The lowest BCUT2D eigenvalue weighted by Gasteiger charge is -2.11. The van der Waals surface area contributed by atoms with E-state index in [0.717, 1.165) is 20.8 Å². The molecule has 14 heteroatoms. The van der Waals surface area contributed by atoms with Crippen molar-refractivity contribution < 1.29 is 13.2 Å². The fraction of sp³-hybridized carbons (Fsp3) is 0.0500. The van der Waals surface area contributed by atoms with Crippen LogP contribution in [0.4, 0.5) is 10.5 Å². The smallest absolute Gasteiger partial charge is 0.307 e. The average Bonchev–Trinajstić information content (AvgIpc) is 3.22. The number of benzene rings is 2. The van der Waals surface area contributed by atoms with Gasteiger partial charge in [0.25, 0.3) is 15.6 Å². The van der Waals surface area contributed by atoms with Crippen molar-refractivity contribution in [2.75, 3.05) is 11.6 Å². The summed E-state index contributed by atoms with van der Waals surface area (Å²) in [6, 6.07) is 10.8. The highest BCUT2D eigenvalue weighted by Crippen LogP contribution is 2.26. The maximum absolute atomic E-state index is 13.0. The van der Waals surface area contributed by atoms with E-state index in [-0.39, 0.29) is 24.9 Å². The molecule has 2 amide bonds. The molecule has 0 aliphatic heterocycles. The summed E-state index contributed by atoms with van der Waals surface area (Å²) in [5.74, 6) is 0. The molecule has 0 unspecified atom stereocenters. The predicted octanol–water partition coefficient (Wildman–Crippen LogP) is 4.28. The van der Waals surface area contributed by atoms with Crippen LogP contribution in [-0.4, -0.2) is 30.3 Å². The first-order chi connectivity index (χ1) is 16.1. The molecule has 0 spiro atoms. The Morgan fingerprint density at radius 3 is 2.50 bits per heavy atom. The minimum Gasteiger partial charge on any atom is -0.307 e. The van der Waals surface area contributed by atoms with Crippen LogP contribution in [0.1, 0.15) is 0 Å². The predicted molar refractivity (Wildman–Crippen MR) is 136 cm³/mol. The maximum Gasteiger partial charge on any atom is 0.333 e. The van der Waals surface area contributed by atoms with Crippen LogP contribution in [0.3, 0.4) is 0 Å². The molecule has 2 aromatic heterocycles. The lowest BCUT2D eigenvalue weighted by atomic mass is 10.2. The number of nitrogens with one attached hydrogen (secondary N) is 3. The number of H-pyrrole nitrogens is 1. The van der Waals surface area contributed by atoms with Crippen molar-refractivity contribution in [3.05, 3.63) is 78.7 Å². The molecule has 176 valence electrons. The Hall–Kier alpha value is -2.77. The van der Waals surface area contributed by atoms with Crippen molar-refractivity contribution >= 4 is 78.9 Å². The molecule has 0 atom stereocenters. The Bertz CT molecular complexity index is 1660. The van der Waals surface area contributed by atoms with E-state index in [1.165, 1.54) is 42.1 Å². The molecule has 0 saturated carbocycles. The van der Waals surface area contributed by atoms with Gasteiger partial charge in [0.15, 0.2) is 0 Å². The number of sulfonamides is 1. The van der Waals surface area contributed by atoms with Crippen LogP contribution in [0.25, 0.3) is 16.6 Å². The molecule has 0 aliphatic rings. The first-order valence-corrected chi connectivity index (χ1v) is 13.6. The highest BCUT2D eigenvalue weighted by molar-refractivity contribution is 7.98. The van der Waals surface area contributed by atoms with Gasteiger partial charge in [0.05, 0.1) is 25.9 Å². The van der Waals surface area contributed by atoms with Crippen LogP contribution in [0.5, 0.6) is 0 Å². The Kier molecular flexibility index (Phi) is 6.78. The zero-order chi connectivity index (χ0) is 24.6. The fourth-order valence-corrected chi connectivity index (χ4v) is 6.17. The van der Waals surface area contributed by atoms with E-state index in [9.17, 15) is 22.8 Å². The number of anilines is 1. The molecule has 2 heterocycles. The quantitative estimate of drug-likeness (QED) is 0.314. The highest BCUT2D eigenvalue weighted by atomic mass is 35.5. The van der Waals surface area contributed by atoms with Crippen LogP contribution in [0.15, 0.2) is 67.2 Å². The number of fused-ring (bicyclic) bond motifs is 1. The first kappa shape index (κ1) is 24.4. The number of carbonyl (C=O) groups excluding carboxylic acids is 1. The fourth-order valence-electron chi connectivity index (χ4n) is 3.08. The number of halogens is 2. The highest BCUT2D eigenvalue weighted by Gasteiger charge is 2.20. The summed E-state index contributed by atoms with van der Waals surface area (Å²) in [6.07, 6.45) is 1.87. The molecule has 34 heavy (non-hydrogen) atoms. The molecule has 0 bridgehead atoms. The van der Waals surface area contributed by atoms with Crippen LogP contribution < -0.4 is 21.3 Å². The van der Waals surface area contributed by atoms with Crippen molar-refractivity contribution in [3.63, 3.8) is 0 Å². The van der Waals surface area contributed by atoms with E-state index in [4.69, 9.17) is 23.2 Å². The molecule has 2 aromatic carbocycles. The third kappa shape index (κ3) is 4.86. The van der Waals surface area contributed by atoms with Crippen LogP contribution in [0.2, 0.25) is 9.36 Å². The summed E-state index contributed by atoms with van der Waals surface area (Å²) in [6.45, 7) is 0. The van der Waals surface area contributed by atoms with Gasteiger partial charge in [0.2, 0.25) is 0 Å². The van der Waals surface area contributed by atoms with Crippen LogP contribution in [0, 0.1) is 0 Å². The van der Waals surface area contributed by atoms with Gasteiger partial charge < -0.3 is 10.3 Å². The van der Waals surface area contributed by atoms with Crippen molar-refractivity contribution in [1.82, 2.24) is 14.3 Å². The van der Waals surface area contributed by atoms with E-state index < -0.39 is 27.3 Å². The Morgan fingerprint density at radius 1 is 1.09 bits per heavy atom. The van der Waals surface area contributed by atoms with Gasteiger partial charge in [-0.1, -0.05) is 23.2 Å². The van der Waals surface area contributed by atoms with Gasteiger partial charge in [-0.05, 0) is 54.8 Å². The van der Waals surface area contributed by atoms with Gasteiger partial charge in [0.1, 0.15) is 4.21 Å². The minimum atomic E-state index is -4.11. The van der Waals surface area contributed by atoms with E-state index in [2.05, 4.69) is 10.3 Å². The number of nitrogens with zero attached hydrogens (tertiary/aromatic N) is 1.